The highest BCUT2D eigenvalue weighted by atomic mass is 35.5. The lowest BCUT2D eigenvalue weighted by atomic mass is 10.1. The highest BCUT2D eigenvalue weighted by Crippen LogP contribution is 2.20. The average Bonchev–Trinajstić information content (AvgIpc) is 2.62. The van der Waals surface area contributed by atoms with E-state index in [-0.39, 0.29) is 6.04 Å². The summed E-state index contributed by atoms with van der Waals surface area (Å²) in [6, 6.07) is 16.2. The van der Waals surface area contributed by atoms with Gasteiger partial charge in [-0.2, -0.15) is 0 Å². The molecule has 0 bridgehead atoms. The van der Waals surface area contributed by atoms with E-state index in [0.717, 1.165) is 32.0 Å². The van der Waals surface area contributed by atoms with E-state index in [1.54, 1.807) is 0 Å². The van der Waals surface area contributed by atoms with Crippen LogP contribution in [0.15, 0.2) is 48.5 Å². The van der Waals surface area contributed by atoms with Gasteiger partial charge in [-0.1, -0.05) is 29.8 Å². The van der Waals surface area contributed by atoms with E-state index in [0.29, 0.717) is 10.1 Å². The minimum Gasteiger partial charge on any atom is -0.378 e. The molecular formula is C19H22ClN3OS. The van der Waals surface area contributed by atoms with Crippen molar-refractivity contribution in [1.29, 1.82) is 0 Å². The molecule has 25 heavy (non-hydrogen) atoms. The molecule has 1 heterocycles. The summed E-state index contributed by atoms with van der Waals surface area (Å²) in [5, 5.41) is 7.72. The maximum atomic E-state index is 5.99. The molecule has 0 aromatic heterocycles. The molecule has 2 aromatic rings. The Kier molecular flexibility index (Phi) is 6.13. The van der Waals surface area contributed by atoms with E-state index < -0.39 is 0 Å². The van der Waals surface area contributed by atoms with Crippen molar-refractivity contribution in [1.82, 2.24) is 5.32 Å². The molecule has 132 valence electrons. The van der Waals surface area contributed by atoms with Crippen molar-refractivity contribution in [2.75, 3.05) is 36.5 Å². The second-order valence-electron chi connectivity index (χ2n) is 6.02. The molecule has 1 aliphatic heterocycles. The van der Waals surface area contributed by atoms with Gasteiger partial charge in [0.15, 0.2) is 5.11 Å². The summed E-state index contributed by atoms with van der Waals surface area (Å²) in [4.78, 5) is 2.34. The Hall–Kier alpha value is -1.82. The standard InChI is InChI=1S/C19H22ClN3OS/c1-14(21-19(25)22-17-4-2-3-16(20)13-17)15-5-7-18(8-6-15)23-9-11-24-12-10-23/h2-8,13-14H,9-12H2,1H3,(H2,21,22,25)/t14-/m0/s1. The molecule has 3 rings (SSSR count). The lowest BCUT2D eigenvalue weighted by molar-refractivity contribution is 0.122. The maximum Gasteiger partial charge on any atom is 0.171 e. The van der Waals surface area contributed by atoms with Gasteiger partial charge in [-0.05, 0) is 55.0 Å². The van der Waals surface area contributed by atoms with E-state index in [1.807, 2.05) is 24.3 Å². The smallest absolute Gasteiger partial charge is 0.171 e. The Labute approximate surface area is 159 Å². The number of morpholine rings is 1. The number of thiocarbonyl (C=S) groups is 1. The summed E-state index contributed by atoms with van der Waals surface area (Å²) < 4.78 is 5.40. The number of hydrogen-bond donors (Lipinski definition) is 2. The number of benzene rings is 2. The van der Waals surface area contributed by atoms with E-state index in [1.165, 1.54) is 11.3 Å². The molecule has 2 aromatic carbocycles. The molecule has 0 radical (unpaired) electrons. The van der Waals surface area contributed by atoms with Gasteiger partial charge < -0.3 is 20.3 Å². The van der Waals surface area contributed by atoms with Gasteiger partial charge in [0.25, 0.3) is 0 Å². The summed E-state index contributed by atoms with van der Waals surface area (Å²) in [5.41, 5.74) is 3.30. The first-order valence-electron chi connectivity index (χ1n) is 8.37. The molecule has 1 saturated heterocycles. The van der Waals surface area contributed by atoms with Gasteiger partial charge in [0.1, 0.15) is 0 Å². The minimum atomic E-state index is 0.109. The lowest BCUT2D eigenvalue weighted by Crippen LogP contribution is -2.36. The van der Waals surface area contributed by atoms with Crippen molar-refractivity contribution in [3.05, 3.63) is 59.1 Å². The third-order valence-corrected chi connectivity index (χ3v) is 4.65. The summed E-state index contributed by atoms with van der Waals surface area (Å²) in [6.45, 7) is 5.57. The van der Waals surface area contributed by atoms with Crippen LogP contribution < -0.4 is 15.5 Å². The fourth-order valence-corrected chi connectivity index (χ4v) is 3.29. The highest BCUT2D eigenvalue weighted by Gasteiger charge is 2.12. The highest BCUT2D eigenvalue weighted by molar-refractivity contribution is 7.80. The molecule has 1 atom stereocenters. The molecule has 0 unspecified atom stereocenters. The Morgan fingerprint density at radius 1 is 1.16 bits per heavy atom. The van der Waals surface area contributed by atoms with Crippen molar-refractivity contribution >= 4 is 40.3 Å². The van der Waals surface area contributed by atoms with E-state index in [2.05, 4.69) is 46.7 Å². The fourth-order valence-electron chi connectivity index (χ4n) is 2.81. The Balaban J connectivity index is 1.57. The molecule has 1 fully saturated rings. The monoisotopic (exact) mass is 375 g/mol. The number of anilines is 2. The largest absolute Gasteiger partial charge is 0.378 e. The first-order valence-corrected chi connectivity index (χ1v) is 9.16. The van der Waals surface area contributed by atoms with Crippen LogP contribution in [-0.4, -0.2) is 31.4 Å². The van der Waals surface area contributed by atoms with Crippen LogP contribution in [0.5, 0.6) is 0 Å². The van der Waals surface area contributed by atoms with Gasteiger partial charge in [-0.15, -0.1) is 0 Å². The van der Waals surface area contributed by atoms with Gasteiger partial charge in [-0.25, -0.2) is 0 Å². The van der Waals surface area contributed by atoms with Crippen LogP contribution in [0.2, 0.25) is 5.02 Å². The first-order chi connectivity index (χ1) is 12.1. The number of nitrogens with one attached hydrogen (secondary N) is 2. The van der Waals surface area contributed by atoms with Crippen molar-refractivity contribution in [3.63, 3.8) is 0 Å². The average molecular weight is 376 g/mol. The summed E-state index contributed by atoms with van der Waals surface area (Å²) in [7, 11) is 0. The Bertz CT molecular complexity index is 717. The third-order valence-electron chi connectivity index (χ3n) is 4.20. The minimum absolute atomic E-state index is 0.109. The summed E-state index contributed by atoms with van der Waals surface area (Å²) in [5.74, 6) is 0. The molecular weight excluding hydrogens is 354 g/mol. The number of hydrogen-bond acceptors (Lipinski definition) is 3. The van der Waals surface area contributed by atoms with Crippen molar-refractivity contribution in [2.45, 2.75) is 13.0 Å². The van der Waals surface area contributed by atoms with Gasteiger partial charge in [0.05, 0.1) is 19.3 Å². The number of rotatable bonds is 4. The fraction of sp³-hybridized carbons (Fsp3) is 0.316. The number of halogens is 1. The molecule has 0 spiro atoms. The maximum absolute atomic E-state index is 5.99. The quantitative estimate of drug-likeness (QED) is 0.782. The third kappa shape index (κ3) is 5.08. The van der Waals surface area contributed by atoms with Crippen molar-refractivity contribution in [3.8, 4) is 0 Å². The molecule has 0 saturated carbocycles. The predicted octanol–water partition coefficient (Wildman–Crippen LogP) is 4.22. The van der Waals surface area contributed by atoms with Crippen LogP contribution in [-0.2, 0) is 4.74 Å². The van der Waals surface area contributed by atoms with Gasteiger partial charge >= 0.3 is 0 Å². The van der Waals surface area contributed by atoms with Crippen molar-refractivity contribution in [2.24, 2.45) is 0 Å². The van der Waals surface area contributed by atoms with E-state index in [9.17, 15) is 0 Å². The molecule has 0 amide bonds. The normalized spacial score (nSPS) is 15.5. The molecule has 4 nitrogen and oxygen atoms in total. The number of ether oxygens (including phenoxy) is 1. The van der Waals surface area contributed by atoms with Crippen LogP contribution in [0.25, 0.3) is 0 Å². The molecule has 6 heteroatoms. The summed E-state index contributed by atoms with van der Waals surface area (Å²) >= 11 is 11.4. The van der Waals surface area contributed by atoms with Crippen molar-refractivity contribution < 1.29 is 4.74 Å². The van der Waals surface area contributed by atoms with Crippen LogP contribution >= 0.6 is 23.8 Å². The SMILES string of the molecule is C[C@H](NC(=S)Nc1cccc(Cl)c1)c1ccc(N2CCOCC2)cc1. The zero-order chi connectivity index (χ0) is 17.6. The number of nitrogens with zero attached hydrogens (tertiary/aromatic N) is 1. The van der Waals surface area contributed by atoms with E-state index in [4.69, 9.17) is 28.6 Å². The van der Waals surface area contributed by atoms with E-state index >= 15 is 0 Å². The molecule has 1 aliphatic rings. The van der Waals surface area contributed by atoms with Crippen LogP contribution in [0, 0.1) is 0 Å². The van der Waals surface area contributed by atoms with Crippen LogP contribution in [0.4, 0.5) is 11.4 Å². The zero-order valence-corrected chi connectivity index (χ0v) is 15.7. The lowest BCUT2D eigenvalue weighted by Gasteiger charge is -2.29. The van der Waals surface area contributed by atoms with Gasteiger partial charge in [0, 0.05) is 29.5 Å². The van der Waals surface area contributed by atoms with Gasteiger partial charge in [0.2, 0.25) is 0 Å². The second kappa shape index (κ2) is 8.52. The van der Waals surface area contributed by atoms with Crippen LogP contribution in [0.1, 0.15) is 18.5 Å². The summed E-state index contributed by atoms with van der Waals surface area (Å²) in [6.07, 6.45) is 0. The molecule has 0 aliphatic carbocycles. The Morgan fingerprint density at radius 2 is 1.88 bits per heavy atom. The molecule has 2 N–H and O–H groups in total. The predicted molar refractivity (Wildman–Crippen MR) is 109 cm³/mol. The first kappa shape index (κ1) is 18.0. The topological polar surface area (TPSA) is 36.5 Å². The van der Waals surface area contributed by atoms with Crippen LogP contribution in [0.3, 0.4) is 0 Å². The Morgan fingerprint density at radius 3 is 2.56 bits per heavy atom. The zero-order valence-electron chi connectivity index (χ0n) is 14.2. The second-order valence-corrected chi connectivity index (χ2v) is 6.87. The van der Waals surface area contributed by atoms with Gasteiger partial charge in [-0.3, -0.25) is 0 Å².